The van der Waals surface area contributed by atoms with E-state index in [2.05, 4.69) is 302 Å². The average molecular weight is 2250 g/mol. The van der Waals surface area contributed by atoms with E-state index < -0.39 is 29.9 Å². The summed E-state index contributed by atoms with van der Waals surface area (Å²) < 4.78 is 118. The monoisotopic (exact) mass is 2250 g/mol. The van der Waals surface area contributed by atoms with Crippen molar-refractivity contribution >= 4 is 170 Å². The molecule has 0 N–H and O–H groups in total. The fourth-order valence-electron chi connectivity index (χ4n) is 11.8. The van der Waals surface area contributed by atoms with Crippen LogP contribution in [0.15, 0.2) is 332 Å². The number of ether oxygens (including phenoxy) is 1. The van der Waals surface area contributed by atoms with Gasteiger partial charge in [-0.25, -0.2) is 27.7 Å². The maximum absolute atomic E-state index is 12.7. The summed E-state index contributed by atoms with van der Waals surface area (Å²) in [6.45, 7) is 84.0. The smallest absolute Gasteiger partial charge is 0.417 e. The van der Waals surface area contributed by atoms with Crippen LogP contribution in [0.4, 0.5) is 56.6 Å². The van der Waals surface area contributed by atoms with E-state index in [9.17, 15) is 39.5 Å². The molecule has 0 bridgehead atoms. The zero-order valence-corrected chi connectivity index (χ0v) is 101. The molecule has 798 valence electrons. The molecule has 4 nitrogen and oxygen atoms in total. The Labute approximate surface area is 934 Å². The fourth-order valence-corrected chi connectivity index (χ4v) is 23.0. The number of rotatable bonds is 26. The van der Waals surface area contributed by atoms with Crippen LogP contribution < -0.4 is 4.74 Å². The summed E-state index contributed by atoms with van der Waals surface area (Å²) >= 11 is 26.7. The minimum Gasteiger partial charge on any atom is -0.497 e. The number of aryl methyl sites for hydroxylation is 6. The Bertz CT molecular complexity index is 5670. The molecule has 147 heavy (non-hydrogen) atoms. The Morgan fingerprint density at radius 2 is 0.626 bits per heavy atom. The first-order chi connectivity index (χ1) is 69.0. The van der Waals surface area contributed by atoms with Crippen molar-refractivity contribution in [2.24, 2.45) is 0 Å². The summed E-state index contributed by atoms with van der Waals surface area (Å²) in [5.74, 6) is 0.774. The van der Waals surface area contributed by atoms with Crippen LogP contribution in [0.25, 0.3) is 14.5 Å². The Morgan fingerprint density at radius 1 is 0.272 bits per heavy atom. The van der Waals surface area contributed by atoms with E-state index in [-0.39, 0.29) is 38.5 Å². The summed E-state index contributed by atoms with van der Waals surface area (Å²) in [5.41, 5.74) is 7.45. The van der Waals surface area contributed by atoms with Crippen LogP contribution in [0.2, 0.25) is 5.02 Å². The van der Waals surface area contributed by atoms with Gasteiger partial charge < -0.3 is 4.74 Å². The predicted octanol–water partition coefficient (Wildman–Crippen LogP) is 45.5. The molecule has 12 aromatic carbocycles. The van der Waals surface area contributed by atoms with Crippen LogP contribution in [0, 0.1) is 67.1 Å². The van der Waals surface area contributed by atoms with Gasteiger partial charge in [0.2, 0.25) is 0 Å². The quantitative estimate of drug-likeness (QED) is 0.0292. The third kappa shape index (κ3) is 65.7. The van der Waals surface area contributed by atoms with E-state index in [4.69, 9.17) is 36.1 Å². The topological polar surface area (TPSA) is 22.3 Å². The maximum Gasteiger partial charge on any atom is 0.417 e. The van der Waals surface area contributed by atoms with Crippen LogP contribution in [-0.4, -0.2) is 70.1 Å². The Kier molecular flexibility index (Phi) is 71.5. The van der Waals surface area contributed by atoms with Crippen molar-refractivity contribution in [2.45, 2.75) is 348 Å². The molecule has 26 heteroatoms. The molecular weight excluding hydrogens is 2100 g/mol. The van der Waals surface area contributed by atoms with Gasteiger partial charge in [0.05, 0.1) is 43.0 Å². The molecule has 12 aromatic rings. The highest BCUT2D eigenvalue weighted by Crippen LogP contribution is 2.43. The Balaban J connectivity index is 0.000000803. The van der Waals surface area contributed by atoms with Gasteiger partial charge in [-0.05, 0) is 173 Å². The molecule has 0 unspecified atom stereocenters. The largest absolute Gasteiger partial charge is 0.497 e. The van der Waals surface area contributed by atoms with Crippen LogP contribution >= 0.6 is 153 Å². The van der Waals surface area contributed by atoms with Gasteiger partial charge in [-0.2, -0.15) is 26.3 Å². The zero-order valence-electron chi connectivity index (χ0n) is 90.9. The Morgan fingerprint density at radius 3 is 1.07 bits per heavy atom. The number of nitrogens with zero attached hydrogens (tertiary/aromatic N) is 3. The lowest BCUT2D eigenvalue weighted by molar-refractivity contribution is -0.140. The number of hydrogen-bond donors (Lipinski definition) is 0. The molecule has 0 heterocycles. The van der Waals surface area contributed by atoms with E-state index in [0.29, 0.717) is 67.6 Å². The lowest BCUT2D eigenvalue weighted by Crippen LogP contribution is -2.07. The molecule has 0 aromatic heterocycles. The first-order valence-corrected chi connectivity index (χ1v) is 59.4. The average Bonchev–Trinajstić information content (AvgIpc) is 0.810. The van der Waals surface area contributed by atoms with Crippen LogP contribution in [0.1, 0.15) is 223 Å². The molecule has 0 aliphatic carbocycles. The Hall–Kier alpha value is -7.23. The van der Waals surface area contributed by atoms with Gasteiger partial charge in [0.1, 0.15) is 11.6 Å². The fraction of sp³-hybridized carbons (Fsp3) is 0.380. The normalized spacial score (nSPS) is 10.8. The van der Waals surface area contributed by atoms with E-state index in [0.717, 1.165) is 27.8 Å². The second kappa shape index (κ2) is 76.3. The van der Waals surface area contributed by atoms with Crippen LogP contribution in [0.5, 0.6) is 5.75 Å². The van der Waals surface area contributed by atoms with Gasteiger partial charge in [-0.3, -0.25) is 0 Å². The molecular formula is C121H151ClF9N3OS12. The molecule has 0 aliphatic heterocycles. The van der Waals surface area contributed by atoms with Crippen molar-refractivity contribution < 1.29 is 44.3 Å². The van der Waals surface area contributed by atoms with Crippen molar-refractivity contribution in [3.8, 4) is 5.75 Å². The first-order valence-electron chi connectivity index (χ1n) is 48.5. The van der Waals surface area contributed by atoms with Crippen molar-refractivity contribution in [3.63, 3.8) is 0 Å². The van der Waals surface area contributed by atoms with Crippen molar-refractivity contribution in [1.82, 2.24) is 0 Å². The lowest BCUT2D eigenvalue weighted by Gasteiger charge is -2.13. The third-order valence-corrected chi connectivity index (χ3v) is 31.0. The molecule has 0 aliphatic rings. The molecule has 0 spiro atoms. The first kappa shape index (κ1) is 138. The van der Waals surface area contributed by atoms with Crippen LogP contribution in [0.3, 0.4) is 0 Å². The second-order valence-electron chi connectivity index (χ2n) is 36.0. The molecule has 12 rings (SSSR count). The molecule has 0 atom stereocenters. The maximum atomic E-state index is 12.7. The standard InChI is InChI=1S/C11H10F3NS.C11H11F2NS.2C11H16S.C10H11F3S.C10H11NS.C10H14OS.2C10H14S.C9H11ClS.C9H11FS.C9H12S/c1-7(2)16-8-4-5-10(15-3)9(6-8)11(12,13)14;1-7(2)15-10-5-4-8(14-3)6-9(10)11(12)13;1-8(2)12-11-7-9(3)5-6-10(11)4;1-8(2)12-11-9(3)6-5-7-10(11)4;1-7(2)14-9-6-4-3-5-8(9)10(11,12)13;1-8(2)12-10-6-4-9(11-3)5-7-10;1-8(2)12-10-6-4-5-9(7-10)11-3;1-8(2)11-10-6-4-5-9(3)7-10;1-8(2)11-10-7-5-4-6-9(10)3;1-7(2)11-9-6-4-3-5-8(9)10;1-7(2)11-9-5-3-4-8(10)6-9;1-8(2)10-9-6-4-3-5-7-9/h4-7H,1-2H3;4-7,11H,1-2H3;2*5-8H,1-4H3;3-7H,1-2H3;4-8H,1-2H3;4-8H,1-3H3;2*4-8H,1-3H3;2*3-7H,1-2H3;3-8H,1-2H3. The number of benzene rings is 12. The molecule has 0 radical (unpaired) electrons. The van der Waals surface area contributed by atoms with Gasteiger partial charge in [0.25, 0.3) is 6.43 Å². The van der Waals surface area contributed by atoms with Crippen molar-refractivity contribution in [2.75, 3.05) is 7.11 Å². The number of thioether (sulfide) groups is 12. The minimum absolute atomic E-state index is 0.0396. The summed E-state index contributed by atoms with van der Waals surface area (Å²) in [5, 5.41) is 7.17. The molecule has 0 fully saturated rings. The lowest BCUT2D eigenvalue weighted by atomic mass is 10.2. The zero-order chi connectivity index (χ0) is 111. The van der Waals surface area contributed by atoms with Crippen LogP contribution in [-0.2, 0) is 12.4 Å². The van der Waals surface area contributed by atoms with Gasteiger partial charge in [-0.1, -0.05) is 353 Å². The number of hydrogen-bond acceptors (Lipinski definition) is 13. The van der Waals surface area contributed by atoms with Gasteiger partial charge >= 0.3 is 12.4 Å². The number of alkyl halides is 8. The third-order valence-electron chi connectivity index (χ3n) is 17.6. The van der Waals surface area contributed by atoms with Gasteiger partial charge in [0.15, 0.2) is 17.1 Å². The summed E-state index contributed by atoms with van der Waals surface area (Å²) in [6.07, 6.45) is -11.2. The van der Waals surface area contributed by atoms with Crippen molar-refractivity contribution in [1.29, 1.82) is 0 Å². The van der Waals surface area contributed by atoms with E-state index in [1.54, 1.807) is 67.0 Å². The predicted molar refractivity (Wildman–Crippen MR) is 643 cm³/mol. The van der Waals surface area contributed by atoms with E-state index in [1.165, 1.54) is 138 Å². The summed E-state index contributed by atoms with van der Waals surface area (Å²) in [4.78, 5) is 22.4. The molecule has 0 amide bonds. The number of halogens is 10. The van der Waals surface area contributed by atoms with Gasteiger partial charge in [0, 0.05) is 127 Å². The number of methoxy groups -OCH3 is 1. The highest BCUT2D eigenvalue weighted by Gasteiger charge is 2.35. The minimum atomic E-state index is -4.46. The molecule has 0 saturated carbocycles. The van der Waals surface area contributed by atoms with Gasteiger partial charge in [-0.15, -0.1) is 141 Å². The second-order valence-corrected chi connectivity index (χ2v) is 56.0. The SMILES string of the molecule is CC(C)Sc1cccc(F)c1.CC(C)Sc1ccccc1.CC(C)Sc1ccccc1C(F)(F)F.CC(C)Sc1ccccc1Cl.COc1cccc(SC(C)C)c1.Cc1ccc(C)c(SC(C)C)c1.Cc1cccc(C)c1SC(C)C.Cc1cccc(SC(C)C)c1.Cc1ccccc1SC(C)C.[C-]#[N+]c1ccc(SC(C)C)c(C(F)F)c1.[C-]#[N+]c1ccc(SC(C)C)cc1.[C-]#[N+]c1ccc(SC(C)C)cc1C(F)(F)F. The summed E-state index contributed by atoms with van der Waals surface area (Å²) in [6, 6.07) is 85.1. The van der Waals surface area contributed by atoms with Crippen molar-refractivity contribution in [3.05, 3.63) is 368 Å². The van der Waals surface area contributed by atoms with E-state index >= 15 is 0 Å². The van der Waals surface area contributed by atoms with E-state index in [1.807, 2.05) is 197 Å². The highest BCUT2D eigenvalue weighted by atomic mass is 35.5. The molecule has 0 saturated heterocycles. The highest BCUT2D eigenvalue weighted by molar-refractivity contribution is 8.02. The summed E-state index contributed by atoms with van der Waals surface area (Å²) in [7, 11) is 1.69.